The molecule has 1 heterocycles. The first-order valence-electron chi connectivity index (χ1n) is 6.95. The summed E-state index contributed by atoms with van der Waals surface area (Å²) in [7, 11) is 0. The summed E-state index contributed by atoms with van der Waals surface area (Å²) in [5.74, 6) is -2.54. The molecule has 107 valence electrons. The maximum atomic E-state index is 14.1. The van der Waals surface area contributed by atoms with Gasteiger partial charge in [-0.2, -0.15) is 0 Å². The fourth-order valence-corrected chi connectivity index (χ4v) is 4.17. The van der Waals surface area contributed by atoms with Gasteiger partial charge in [0.25, 0.3) is 0 Å². The molecular formula is C15H18F2NOPb. The molecule has 1 aliphatic carbocycles. The van der Waals surface area contributed by atoms with Crippen LogP contribution in [0.3, 0.4) is 0 Å². The summed E-state index contributed by atoms with van der Waals surface area (Å²) in [5.41, 5.74) is 0.298. The predicted octanol–water partition coefficient (Wildman–Crippen LogP) is 2.43. The summed E-state index contributed by atoms with van der Waals surface area (Å²) < 4.78 is 34.9. The summed E-state index contributed by atoms with van der Waals surface area (Å²) in [6.45, 7) is 1.02. The Morgan fingerprint density at radius 3 is 2.50 bits per heavy atom. The zero-order chi connectivity index (χ0) is 14.2. The van der Waals surface area contributed by atoms with Gasteiger partial charge in [-0.15, -0.1) is 0 Å². The number of halogens is 2. The first-order chi connectivity index (χ1) is 9.55. The quantitative estimate of drug-likeness (QED) is 0.623. The molecule has 1 saturated heterocycles. The Balaban J connectivity index is 1.53. The normalized spacial score (nSPS) is 32.5. The summed E-state index contributed by atoms with van der Waals surface area (Å²) in [6, 6.07) is 9.90. The van der Waals surface area contributed by atoms with E-state index in [1.807, 2.05) is 35.2 Å². The third kappa shape index (κ3) is 2.66. The van der Waals surface area contributed by atoms with Gasteiger partial charge in [-0.1, -0.05) is 0 Å². The summed E-state index contributed by atoms with van der Waals surface area (Å²) >= 11 is 0.957. The number of hydrogen-bond acceptors (Lipinski definition) is 2. The predicted molar refractivity (Wildman–Crippen MR) is 73.8 cm³/mol. The SMILES string of the molecule is FC1(F)CN([CH2][Pb])CC12CC(OCc1ccccc1)C2. The van der Waals surface area contributed by atoms with Crippen LogP contribution in [0.25, 0.3) is 0 Å². The molecule has 3 rings (SSSR count). The molecule has 1 spiro atoms. The number of alkyl halides is 2. The third-order valence-electron chi connectivity index (χ3n) is 4.51. The van der Waals surface area contributed by atoms with Crippen LogP contribution in [0.5, 0.6) is 0 Å². The second-order valence-corrected chi connectivity index (χ2v) is 7.19. The van der Waals surface area contributed by atoms with E-state index < -0.39 is 11.3 Å². The standard InChI is InChI=1S/C15H18F2NO.Pb/c1-18-10-14(15(16,17)11-18)7-13(8-14)19-9-12-5-3-2-4-6-12;/h2-6,13H,1,7-11H2;. The van der Waals surface area contributed by atoms with Gasteiger partial charge < -0.3 is 0 Å². The number of benzene rings is 1. The Hall–Kier alpha value is -0.0779. The molecule has 1 saturated carbocycles. The average Bonchev–Trinajstić information content (AvgIpc) is 2.67. The number of likely N-dealkylation sites (tertiary alicyclic amines) is 1. The van der Waals surface area contributed by atoms with Gasteiger partial charge in [0, 0.05) is 0 Å². The average molecular weight is 474 g/mol. The Kier molecular flexibility index (Phi) is 4.16. The van der Waals surface area contributed by atoms with E-state index in [9.17, 15) is 8.78 Å². The van der Waals surface area contributed by atoms with Crippen molar-refractivity contribution in [2.24, 2.45) is 5.41 Å². The molecule has 0 unspecified atom stereocenters. The minimum absolute atomic E-state index is 0.00451. The molecule has 0 aromatic heterocycles. The van der Waals surface area contributed by atoms with E-state index in [0.717, 1.165) is 35.4 Å². The van der Waals surface area contributed by atoms with Crippen LogP contribution in [0.15, 0.2) is 30.3 Å². The van der Waals surface area contributed by atoms with Crippen molar-refractivity contribution in [2.75, 3.05) is 17.2 Å². The fraction of sp³-hybridized carbons (Fsp3) is 0.600. The van der Waals surface area contributed by atoms with E-state index in [1.165, 1.54) is 0 Å². The van der Waals surface area contributed by atoms with Crippen LogP contribution < -0.4 is 0 Å². The molecule has 2 fully saturated rings. The zero-order valence-corrected chi connectivity index (χ0v) is 15.2. The van der Waals surface area contributed by atoms with Gasteiger partial charge in [-0.3, -0.25) is 0 Å². The molecule has 1 aromatic rings. The van der Waals surface area contributed by atoms with Crippen LogP contribution in [0, 0.1) is 5.41 Å². The molecular weight excluding hydrogens is 455 g/mol. The van der Waals surface area contributed by atoms with Gasteiger partial charge >= 0.3 is 134 Å². The monoisotopic (exact) mass is 474 g/mol. The second kappa shape index (κ2) is 5.61. The van der Waals surface area contributed by atoms with Crippen molar-refractivity contribution in [3.63, 3.8) is 0 Å². The fourth-order valence-electron chi connectivity index (χ4n) is 3.31. The molecule has 0 N–H and O–H groups in total. The van der Waals surface area contributed by atoms with Gasteiger partial charge in [0.1, 0.15) is 0 Å². The van der Waals surface area contributed by atoms with Crippen LogP contribution >= 0.6 is 0 Å². The van der Waals surface area contributed by atoms with E-state index in [1.54, 1.807) is 0 Å². The van der Waals surface area contributed by atoms with Gasteiger partial charge in [0.2, 0.25) is 0 Å². The molecule has 0 bridgehead atoms. The van der Waals surface area contributed by atoms with Crippen molar-refractivity contribution in [3.05, 3.63) is 35.9 Å². The Bertz CT molecular complexity index is 462. The number of nitrogens with zero attached hydrogens (tertiary/aromatic N) is 1. The van der Waals surface area contributed by atoms with E-state index in [-0.39, 0.29) is 12.6 Å². The molecule has 0 amide bonds. The summed E-state index contributed by atoms with van der Waals surface area (Å²) in [6.07, 6.45) is 1.01. The van der Waals surface area contributed by atoms with Crippen LogP contribution in [0.4, 0.5) is 8.78 Å². The van der Waals surface area contributed by atoms with Crippen molar-refractivity contribution in [3.8, 4) is 0 Å². The van der Waals surface area contributed by atoms with Gasteiger partial charge in [-0.05, 0) is 0 Å². The summed E-state index contributed by atoms with van der Waals surface area (Å²) in [5, 5.41) is 0. The van der Waals surface area contributed by atoms with E-state index in [2.05, 4.69) is 0 Å². The van der Waals surface area contributed by atoms with Crippen molar-refractivity contribution < 1.29 is 13.5 Å². The third-order valence-corrected chi connectivity index (χ3v) is 6.25. The van der Waals surface area contributed by atoms with Crippen molar-refractivity contribution >= 4 is 25.8 Å². The van der Waals surface area contributed by atoms with Crippen molar-refractivity contribution in [1.82, 2.24) is 4.90 Å². The number of hydrogen-bond donors (Lipinski definition) is 0. The minimum atomic E-state index is -2.54. The molecule has 5 heteroatoms. The second-order valence-electron chi connectivity index (χ2n) is 5.96. The van der Waals surface area contributed by atoms with Crippen LogP contribution in [0.2, 0.25) is 0 Å². The van der Waals surface area contributed by atoms with Crippen molar-refractivity contribution in [2.45, 2.75) is 31.5 Å². The Morgan fingerprint density at radius 2 is 1.90 bits per heavy atom. The van der Waals surface area contributed by atoms with Crippen LogP contribution in [0.1, 0.15) is 18.4 Å². The van der Waals surface area contributed by atoms with Crippen LogP contribution in [-0.4, -0.2) is 59.9 Å². The zero-order valence-electron chi connectivity index (χ0n) is 11.3. The molecule has 20 heavy (non-hydrogen) atoms. The van der Waals surface area contributed by atoms with Crippen molar-refractivity contribution in [1.29, 1.82) is 0 Å². The topological polar surface area (TPSA) is 12.5 Å². The number of ether oxygens (including phenoxy) is 1. The first-order valence-corrected chi connectivity index (χ1v) is 9.70. The molecule has 0 atom stereocenters. The van der Waals surface area contributed by atoms with Gasteiger partial charge in [-0.25, -0.2) is 0 Å². The molecule has 1 aromatic carbocycles. The maximum absolute atomic E-state index is 14.1. The number of rotatable bonds is 4. The van der Waals surface area contributed by atoms with E-state index in [0.29, 0.717) is 26.0 Å². The Labute approximate surface area is 134 Å². The molecule has 1 aliphatic heterocycles. The van der Waals surface area contributed by atoms with Crippen LogP contribution in [-0.2, 0) is 11.3 Å². The first kappa shape index (κ1) is 14.8. The molecule has 2 nitrogen and oxygen atoms in total. The Morgan fingerprint density at radius 1 is 1.20 bits per heavy atom. The van der Waals surface area contributed by atoms with Gasteiger partial charge in [0.15, 0.2) is 0 Å². The van der Waals surface area contributed by atoms with E-state index >= 15 is 0 Å². The van der Waals surface area contributed by atoms with E-state index in [4.69, 9.17) is 4.74 Å². The molecule has 2 aliphatic rings. The van der Waals surface area contributed by atoms with Gasteiger partial charge in [0.05, 0.1) is 0 Å². The summed E-state index contributed by atoms with van der Waals surface area (Å²) in [4.78, 5) is 1.92. The molecule has 3 radical (unpaired) electrons.